The van der Waals surface area contributed by atoms with Gasteiger partial charge in [-0.05, 0) is 26.3 Å². The number of fused-ring (bicyclic) bond motifs is 1. The number of carbonyl (C=O) groups excluding carboxylic acids is 1. The molecule has 21 heavy (non-hydrogen) atoms. The predicted octanol–water partition coefficient (Wildman–Crippen LogP) is 3.06. The van der Waals surface area contributed by atoms with Crippen molar-refractivity contribution < 1.29 is 4.79 Å². The molecule has 0 saturated heterocycles. The van der Waals surface area contributed by atoms with Crippen LogP contribution in [-0.4, -0.2) is 40.4 Å². The highest BCUT2D eigenvalue weighted by Gasteiger charge is 2.12. The molecule has 0 fully saturated rings. The van der Waals surface area contributed by atoms with E-state index < -0.39 is 0 Å². The van der Waals surface area contributed by atoms with Crippen molar-refractivity contribution in [1.82, 2.24) is 14.9 Å². The molecule has 2 rings (SSSR count). The summed E-state index contributed by atoms with van der Waals surface area (Å²) < 4.78 is 0. The second kappa shape index (κ2) is 7.36. The van der Waals surface area contributed by atoms with Gasteiger partial charge in [-0.1, -0.05) is 13.3 Å². The summed E-state index contributed by atoms with van der Waals surface area (Å²) in [5.74, 6) is 0.855. The highest BCUT2D eigenvalue weighted by atomic mass is 32.1. The van der Waals surface area contributed by atoms with Crippen molar-refractivity contribution in [2.75, 3.05) is 25.0 Å². The number of nitrogens with zero attached hydrogens (tertiary/aromatic N) is 3. The molecule has 0 saturated carbocycles. The largest absolute Gasteiger partial charge is 0.360 e. The topological polar surface area (TPSA) is 58.1 Å². The van der Waals surface area contributed by atoms with Crippen molar-refractivity contribution >= 4 is 33.3 Å². The zero-order valence-electron chi connectivity index (χ0n) is 12.8. The van der Waals surface area contributed by atoms with Crippen LogP contribution in [0.2, 0.25) is 0 Å². The molecule has 1 amide bonds. The summed E-state index contributed by atoms with van der Waals surface area (Å²) in [6, 6.07) is 2.06. The molecule has 0 atom stereocenters. The average molecular weight is 306 g/mol. The summed E-state index contributed by atoms with van der Waals surface area (Å²) in [7, 11) is 0. The second-order valence-electron chi connectivity index (χ2n) is 4.98. The number of anilines is 1. The van der Waals surface area contributed by atoms with E-state index in [-0.39, 0.29) is 12.5 Å². The Morgan fingerprint density at radius 2 is 2.19 bits per heavy atom. The van der Waals surface area contributed by atoms with Crippen LogP contribution in [0.15, 0.2) is 12.4 Å². The van der Waals surface area contributed by atoms with E-state index in [2.05, 4.69) is 28.3 Å². The van der Waals surface area contributed by atoms with Crippen LogP contribution in [0.3, 0.4) is 0 Å². The van der Waals surface area contributed by atoms with Crippen LogP contribution in [-0.2, 0) is 4.79 Å². The molecule has 6 heteroatoms. The van der Waals surface area contributed by atoms with E-state index in [0.29, 0.717) is 0 Å². The van der Waals surface area contributed by atoms with Crippen LogP contribution in [0.1, 0.15) is 31.6 Å². The maximum absolute atomic E-state index is 12.2. The van der Waals surface area contributed by atoms with Gasteiger partial charge < -0.3 is 10.2 Å². The van der Waals surface area contributed by atoms with Crippen LogP contribution < -0.4 is 5.32 Å². The van der Waals surface area contributed by atoms with E-state index in [9.17, 15) is 4.79 Å². The lowest BCUT2D eigenvalue weighted by Crippen LogP contribution is -2.36. The lowest BCUT2D eigenvalue weighted by molar-refractivity contribution is -0.129. The number of carbonyl (C=O) groups is 1. The molecule has 0 aromatic carbocycles. The molecule has 0 radical (unpaired) electrons. The summed E-state index contributed by atoms with van der Waals surface area (Å²) in [6.45, 7) is 8.04. The molecule has 5 nitrogen and oxygen atoms in total. The van der Waals surface area contributed by atoms with Gasteiger partial charge in [-0.2, -0.15) is 0 Å². The standard InChI is InChI=1S/C15H22N4OS/c1-4-6-7-19(5-2)13(20)9-16-14-12-8-11(3)21-15(12)18-10-17-14/h8,10H,4-7,9H2,1-3H3,(H,16,17,18). The quantitative estimate of drug-likeness (QED) is 0.854. The fourth-order valence-electron chi connectivity index (χ4n) is 2.20. The minimum Gasteiger partial charge on any atom is -0.360 e. The van der Waals surface area contributed by atoms with Crippen molar-refractivity contribution in [3.05, 3.63) is 17.3 Å². The van der Waals surface area contributed by atoms with E-state index in [4.69, 9.17) is 0 Å². The van der Waals surface area contributed by atoms with Crippen LogP contribution in [0, 0.1) is 6.92 Å². The Labute approximate surface area is 129 Å². The zero-order chi connectivity index (χ0) is 15.2. The van der Waals surface area contributed by atoms with Crippen molar-refractivity contribution in [2.45, 2.75) is 33.6 Å². The molecule has 2 aromatic heterocycles. The number of nitrogens with one attached hydrogen (secondary N) is 1. The number of hydrogen-bond donors (Lipinski definition) is 1. The van der Waals surface area contributed by atoms with Crippen molar-refractivity contribution in [2.24, 2.45) is 0 Å². The van der Waals surface area contributed by atoms with Gasteiger partial charge in [-0.3, -0.25) is 4.79 Å². The summed E-state index contributed by atoms with van der Waals surface area (Å²) in [5, 5.41) is 4.15. The minimum absolute atomic E-state index is 0.115. The number of hydrogen-bond acceptors (Lipinski definition) is 5. The summed E-state index contributed by atoms with van der Waals surface area (Å²) in [6.07, 6.45) is 3.68. The monoisotopic (exact) mass is 306 g/mol. The molecule has 0 unspecified atom stereocenters. The maximum atomic E-state index is 12.2. The number of amides is 1. The number of aromatic nitrogens is 2. The van der Waals surface area contributed by atoms with Crippen molar-refractivity contribution in [3.8, 4) is 0 Å². The smallest absolute Gasteiger partial charge is 0.241 e. The molecular weight excluding hydrogens is 284 g/mol. The van der Waals surface area contributed by atoms with E-state index in [1.54, 1.807) is 17.7 Å². The summed E-state index contributed by atoms with van der Waals surface area (Å²) >= 11 is 1.64. The third-order valence-corrected chi connectivity index (χ3v) is 4.33. The first-order chi connectivity index (χ1) is 10.2. The summed E-state index contributed by atoms with van der Waals surface area (Å²) in [4.78, 5) is 24.8. The fraction of sp³-hybridized carbons (Fsp3) is 0.533. The Balaban J connectivity index is 2.02. The van der Waals surface area contributed by atoms with Crippen LogP contribution >= 0.6 is 11.3 Å². The third-order valence-electron chi connectivity index (χ3n) is 3.38. The highest BCUT2D eigenvalue weighted by molar-refractivity contribution is 7.18. The van der Waals surface area contributed by atoms with Crippen LogP contribution in [0.25, 0.3) is 10.2 Å². The Bertz CT molecular complexity index is 611. The molecule has 0 bridgehead atoms. The van der Waals surface area contributed by atoms with Gasteiger partial charge in [0.15, 0.2) is 0 Å². The molecule has 2 heterocycles. The molecule has 1 N–H and O–H groups in total. The zero-order valence-corrected chi connectivity index (χ0v) is 13.7. The van der Waals surface area contributed by atoms with Crippen molar-refractivity contribution in [1.29, 1.82) is 0 Å². The predicted molar refractivity (Wildman–Crippen MR) is 87.8 cm³/mol. The first kappa shape index (κ1) is 15.7. The van der Waals surface area contributed by atoms with Crippen molar-refractivity contribution in [3.63, 3.8) is 0 Å². The van der Waals surface area contributed by atoms with Gasteiger partial charge in [-0.15, -0.1) is 11.3 Å². The number of rotatable bonds is 7. The molecule has 0 aliphatic rings. The first-order valence-corrected chi connectivity index (χ1v) is 8.20. The molecule has 0 spiro atoms. The molecule has 114 valence electrons. The van der Waals surface area contributed by atoms with Gasteiger partial charge >= 0.3 is 0 Å². The van der Waals surface area contributed by atoms with Gasteiger partial charge in [-0.25, -0.2) is 9.97 Å². The third kappa shape index (κ3) is 3.91. The van der Waals surface area contributed by atoms with E-state index in [0.717, 1.165) is 42.0 Å². The summed E-state index contributed by atoms with van der Waals surface area (Å²) in [5.41, 5.74) is 0. The molecular formula is C15H22N4OS. The van der Waals surface area contributed by atoms with Gasteiger partial charge in [0, 0.05) is 18.0 Å². The first-order valence-electron chi connectivity index (χ1n) is 7.38. The lowest BCUT2D eigenvalue weighted by Gasteiger charge is -2.21. The minimum atomic E-state index is 0.115. The Kier molecular flexibility index (Phi) is 5.50. The second-order valence-corrected chi connectivity index (χ2v) is 6.21. The molecule has 2 aromatic rings. The fourth-order valence-corrected chi connectivity index (χ4v) is 3.04. The Morgan fingerprint density at radius 3 is 2.90 bits per heavy atom. The number of thiophene rings is 1. The Hall–Kier alpha value is -1.69. The molecule has 0 aliphatic carbocycles. The van der Waals surface area contributed by atoms with Gasteiger partial charge in [0.2, 0.25) is 5.91 Å². The lowest BCUT2D eigenvalue weighted by atomic mass is 10.3. The SMILES string of the molecule is CCCCN(CC)C(=O)CNc1ncnc2sc(C)cc12. The van der Waals surface area contributed by atoms with E-state index in [1.807, 2.05) is 18.7 Å². The number of likely N-dealkylation sites (N-methyl/N-ethyl adjacent to an activating group) is 1. The van der Waals surface area contributed by atoms with Gasteiger partial charge in [0.05, 0.1) is 11.9 Å². The van der Waals surface area contributed by atoms with Gasteiger partial charge in [0.1, 0.15) is 17.0 Å². The normalized spacial score (nSPS) is 10.8. The molecule has 0 aliphatic heterocycles. The average Bonchev–Trinajstić information content (AvgIpc) is 2.86. The number of aryl methyl sites for hydroxylation is 1. The van der Waals surface area contributed by atoms with Crippen LogP contribution in [0.5, 0.6) is 0 Å². The van der Waals surface area contributed by atoms with Crippen LogP contribution in [0.4, 0.5) is 5.82 Å². The van der Waals surface area contributed by atoms with E-state index >= 15 is 0 Å². The van der Waals surface area contributed by atoms with E-state index in [1.165, 1.54) is 4.88 Å². The number of unbranched alkanes of at least 4 members (excludes halogenated alkanes) is 1. The highest BCUT2D eigenvalue weighted by Crippen LogP contribution is 2.27. The Morgan fingerprint density at radius 1 is 1.38 bits per heavy atom. The maximum Gasteiger partial charge on any atom is 0.241 e. The van der Waals surface area contributed by atoms with Gasteiger partial charge in [0.25, 0.3) is 0 Å².